The van der Waals surface area contributed by atoms with Crippen molar-refractivity contribution in [1.82, 2.24) is 15.2 Å². The number of nitrogens with zero attached hydrogens (tertiary/aromatic N) is 1. The molecular weight excluding hydrogens is 242 g/mol. The van der Waals surface area contributed by atoms with Crippen molar-refractivity contribution in [3.05, 3.63) is 36.0 Å². The molecule has 5 heteroatoms. The molecule has 2 aromatic rings. The van der Waals surface area contributed by atoms with Crippen LogP contribution in [0.3, 0.4) is 0 Å². The van der Waals surface area contributed by atoms with Gasteiger partial charge in [0.15, 0.2) is 0 Å². The van der Waals surface area contributed by atoms with Crippen molar-refractivity contribution in [2.24, 2.45) is 0 Å². The quantitative estimate of drug-likeness (QED) is 0.821. The second-order valence-electron chi connectivity index (χ2n) is 4.65. The van der Waals surface area contributed by atoms with E-state index in [1.54, 1.807) is 6.92 Å². The van der Waals surface area contributed by atoms with Gasteiger partial charge in [0.05, 0.1) is 0 Å². The van der Waals surface area contributed by atoms with Crippen LogP contribution in [0.4, 0.5) is 4.79 Å². The molecule has 98 valence electrons. The Hall–Kier alpha value is -2.30. The fourth-order valence-corrected chi connectivity index (χ4v) is 2.54. The van der Waals surface area contributed by atoms with Crippen LogP contribution in [-0.2, 0) is 11.2 Å². The van der Waals surface area contributed by atoms with Gasteiger partial charge in [0.2, 0.25) is 0 Å². The summed E-state index contributed by atoms with van der Waals surface area (Å²) >= 11 is 0. The van der Waals surface area contributed by atoms with E-state index in [1.165, 1.54) is 4.90 Å². The number of likely N-dealkylation sites (N-methyl/N-ethyl adjacent to an activating group) is 1. The molecule has 1 unspecified atom stereocenters. The summed E-state index contributed by atoms with van der Waals surface area (Å²) in [6.07, 6.45) is 2.42. The first-order chi connectivity index (χ1) is 9.20. The zero-order valence-corrected chi connectivity index (χ0v) is 10.6. The highest BCUT2D eigenvalue weighted by Crippen LogP contribution is 2.20. The van der Waals surface area contributed by atoms with E-state index in [9.17, 15) is 9.59 Å². The van der Waals surface area contributed by atoms with Crippen LogP contribution in [0, 0.1) is 0 Å². The third-order valence-corrected chi connectivity index (χ3v) is 3.52. The second kappa shape index (κ2) is 4.42. The molecule has 1 aromatic carbocycles. The lowest BCUT2D eigenvalue weighted by molar-refractivity contribution is -0.127. The highest BCUT2D eigenvalue weighted by molar-refractivity contribution is 6.04. The number of nitrogens with one attached hydrogen (secondary N) is 2. The first kappa shape index (κ1) is 11.8. The van der Waals surface area contributed by atoms with Crippen molar-refractivity contribution < 1.29 is 9.59 Å². The van der Waals surface area contributed by atoms with Crippen LogP contribution in [0.25, 0.3) is 10.9 Å². The predicted octanol–water partition coefficient (Wildman–Crippen LogP) is 1.65. The van der Waals surface area contributed by atoms with Crippen molar-refractivity contribution in [3.8, 4) is 0 Å². The lowest BCUT2D eigenvalue weighted by Crippen LogP contribution is -2.32. The smallest absolute Gasteiger partial charge is 0.324 e. The van der Waals surface area contributed by atoms with Crippen LogP contribution in [0.1, 0.15) is 12.5 Å². The van der Waals surface area contributed by atoms with Crippen molar-refractivity contribution in [2.75, 3.05) is 6.54 Å². The average molecular weight is 257 g/mol. The number of benzene rings is 1. The molecule has 5 nitrogen and oxygen atoms in total. The van der Waals surface area contributed by atoms with Gasteiger partial charge in [-0.2, -0.15) is 0 Å². The van der Waals surface area contributed by atoms with E-state index in [4.69, 9.17) is 0 Å². The Balaban J connectivity index is 1.86. The molecule has 1 atom stereocenters. The van der Waals surface area contributed by atoms with Gasteiger partial charge in [0, 0.05) is 30.1 Å². The molecule has 19 heavy (non-hydrogen) atoms. The van der Waals surface area contributed by atoms with Crippen molar-refractivity contribution in [3.63, 3.8) is 0 Å². The first-order valence-electron chi connectivity index (χ1n) is 6.37. The van der Waals surface area contributed by atoms with Crippen molar-refractivity contribution in [1.29, 1.82) is 0 Å². The molecule has 0 radical (unpaired) electrons. The van der Waals surface area contributed by atoms with Crippen molar-refractivity contribution in [2.45, 2.75) is 19.4 Å². The van der Waals surface area contributed by atoms with E-state index in [-0.39, 0.29) is 11.9 Å². The largest absolute Gasteiger partial charge is 0.361 e. The molecule has 2 heterocycles. The number of carbonyl (C=O) groups excluding carboxylic acids is 2. The minimum Gasteiger partial charge on any atom is -0.361 e. The molecule has 1 aliphatic heterocycles. The highest BCUT2D eigenvalue weighted by atomic mass is 16.2. The average Bonchev–Trinajstić information content (AvgIpc) is 2.93. The molecule has 1 saturated heterocycles. The number of rotatable bonds is 3. The van der Waals surface area contributed by atoms with E-state index >= 15 is 0 Å². The van der Waals surface area contributed by atoms with Crippen LogP contribution in [0.15, 0.2) is 30.5 Å². The number of aromatic nitrogens is 1. The topological polar surface area (TPSA) is 65.2 Å². The molecule has 3 rings (SSSR count). The third kappa shape index (κ3) is 1.87. The Morgan fingerprint density at radius 2 is 2.05 bits per heavy atom. The van der Waals surface area contributed by atoms with Gasteiger partial charge in [0.25, 0.3) is 5.91 Å². The maximum atomic E-state index is 12.0. The third-order valence-electron chi connectivity index (χ3n) is 3.52. The number of H-pyrrole nitrogens is 1. The fourth-order valence-electron chi connectivity index (χ4n) is 2.54. The van der Waals surface area contributed by atoms with E-state index < -0.39 is 6.04 Å². The highest BCUT2D eigenvalue weighted by Gasteiger charge is 2.36. The van der Waals surface area contributed by atoms with Gasteiger partial charge < -0.3 is 10.3 Å². The molecular formula is C14H15N3O2. The molecule has 0 bridgehead atoms. The van der Waals surface area contributed by atoms with Crippen LogP contribution >= 0.6 is 0 Å². The molecule has 1 fully saturated rings. The SMILES string of the molecule is CCN1C(=O)NC(Cc2c[nH]c3ccccc23)C1=O. The van der Waals surface area contributed by atoms with Gasteiger partial charge in [0.1, 0.15) is 6.04 Å². The lowest BCUT2D eigenvalue weighted by Gasteiger charge is -2.09. The fraction of sp³-hybridized carbons (Fsp3) is 0.286. The number of para-hydroxylation sites is 1. The molecule has 3 amide bonds. The van der Waals surface area contributed by atoms with Crippen molar-refractivity contribution >= 4 is 22.8 Å². The zero-order chi connectivity index (χ0) is 13.4. The standard InChI is InChI=1S/C14H15N3O2/c1-2-17-13(18)12(16-14(17)19)7-9-8-15-11-6-4-3-5-10(9)11/h3-6,8,12,15H,2,7H2,1H3,(H,16,19). The van der Waals surface area contributed by atoms with Gasteiger partial charge in [-0.1, -0.05) is 18.2 Å². The molecule has 1 aromatic heterocycles. The van der Waals surface area contributed by atoms with Gasteiger partial charge >= 0.3 is 6.03 Å². The summed E-state index contributed by atoms with van der Waals surface area (Å²) in [5.74, 6) is -0.141. The van der Waals surface area contributed by atoms with Gasteiger partial charge in [-0.3, -0.25) is 9.69 Å². The monoisotopic (exact) mass is 257 g/mol. The summed E-state index contributed by atoms with van der Waals surface area (Å²) in [4.78, 5) is 28.1. The Morgan fingerprint density at radius 3 is 2.79 bits per heavy atom. The van der Waals surface area contributed by atoms with Crippen LogP contribution < -0.4 is 5.32 Å². The number of carbonyl (C=O) groups is 2. The van der Waals surface area contributed by atoms with Gasteiger partial charge in [-0.15, -0.1) is 0 Å². The maximum Gasteiger partial charge on any atom is 0.324 e. The van der Waals surface area contributed by atoms with Gasteiger partial charge in [-0.05, 0) is 18.6 Å². The summed E-state index contributed by atoms with van der Waals surface area (Å²) < 4.78 is 0. The van der Waals surface area contributed by atoms with E-state index in [1.807, 2.05) is 30.5 Å². The Labute approximate surface area is 110 Å². The molecule has 2 N–H and O–H groups in total. The van der Waals surface area contributed by atoms with Gasteiger partial charge in [-0.25, -0.2) is 4.79 Å². The van der Waals surface area contributed by atoms with Crippen LogP contribution in [0.5, 0.6) is 0 Å². The normalized spacial score (nSPS) is 19.2. The van der Waals surface area contributed by atoms with Crippen LogP contribution in [-0.4, -0.2) is 34.4 Å². The Bertz CT molecular complexity index is 647. The zero-order valence-electron chi connectivity index (χ0n) is 10.6. The first-order valence-corrected chi connectivity index (χ1v) is 6.37. The predicted molar refractivity (Wildman–Crippen MR) is 71.7 cm³/mol. The summed E-state index contributed by atoms with van der Waals surface area (Å²) in [5, 5.41) is 3.83. The van der Waals surface area contributed by atoms with Crippen LogP contribution in [0.2, 0.25) is 0 Å². The summed E-state index contributed by atoms with van der Waals surface area (Å²) in [6.45, 7) is 2.21. The summed E-state index contributed by atoms with van der Waals surface area (Å²) in [5.41, 5.74) is 2.09. The maximum absolute atomic E-state index is 12.0. The minimum absolute atomic E-state index is 0.141. The number of urea groups is 1. The molecule has 0 spiro atoms. The lowest BCUT2D eigenvalue weighted by atomic mass is 10.1. The number of hydrogen-bond acceptors (Lipinski definition) is 2. The second-order valence-corrected chi connectivity index (χ2v) is 4.65. The number of imide groups is 1. The summed E-state index contributed by atoms with van der Waals surface area (Å²) in [7, 11) is 0. The van der Waals surface area contributed by atoms with E-state index in [2.05, 4.69) is 10.3 Å². The number of amides is 3. The molecule has 0 aliphatic carbocycles. The Kier molecular flexibility index (Phi) is 2.74. The molecule has 1 aliphatic rings. The number of fused-ring (bicyclic) bond motifs is 1. The summed E-state index contributed by atoms with van der Waals surface area (Å²) in [6, 6.07) is 7.19. The minimum atomic E-state index is -0.452. The molecule has 0 saturated carbocycles. The van der Waals surface area contributed by atoms with E-state index in [0.717, 1.165) is 16.5 Å². The number of aromatic amines is 1. The Morgan fingerprint density at radius 1 is 1.26 bits per heavy atom. The van der Waals surface area contributed by atoms with E-state index in [0.29, 0.717) is 13.0 Å². The number of hydrogen-bond donors (Lipinski definition) is 2.